The lowest BCUT2D eigenvalue weighted by Gasteiger charge is -2.30. The van der Waals surface area contributed by atoms with E-state index in [-0.39, 0.29) is 11.6 Å². The molecule has 4 heteroatoms. The first-order chi connectivity index (χ1) is 10.9. The van der Waals surface area contributed by atoms with Crippen LogP contribution in [0.2, 0.25) is 0 Å². The number of fused-ring (bicyclic) bond motifs is 4. The van der Waals surface area contributed by atoms with Gasteiger partial charge in [0.25, 0.3) is 0 Å². The average molecular weight is 310 g/mol. The Labute approximate surface area is 132 Å². The summed E-state index contributed by atoms with van der Waals surface area (Å²) in [6.07, 6.45) is 0. The number of methoxy groups -OCH3 is 1. The summed E-state index contributed by atoms with van der Waals surface area (Å²) in [6.45, 7) is 3.99. The van der Waals surface area contributed by atoms with E-state index in [1.165, 1.54) is 12.1 Å². The number of carbonyl (C=O) groups is 1. The van der Waals surface area contributed by atoms with E-state index in [0.717, 1.165) is 5.56 Å². The number of hydrogen-bond acceptors (Lipinski definition) is 3. The van der Waals surface area contributed by atoms with Crippen molar-refractivity contribution in [3.05, 3.63) is 64.7 Å². The normalized spacial score (nSPS) is 15.4. The number of ketones is 1. The van der Waals surface area contributed by atoms with Crippen LogP contribution in [0.4, 0.5) is 4.39 Å². The molecule has 1 heterocycles. The quantitative estimate of drug-likeness (QED) is 0.666. The van der Waals surface area contributed by atoms with Gasteiger partial charge in [0.2, 0.25) is 0 Å². The van der Waals surface area contributed by atoms with Crippen molar-refractivity contribution in [1.29, 1.82) is 0 Å². The monoisotopic (exact) mass is 310 g/mol. The highest BCUT2D eigenvalue weighted by molar-refractivity contribution is 6.19. The minimum Gasteiger partial charge on any atom is -0.497 e. The molecule has 1 aliphatic rings. The van der Waals surface area contributed by atoms with E-state index >= 15 is 0 Å². The van der Waals surface area contributed by atoms with Gasteiger partial charge in [0, 0.05) is 22.4 Å². The highest BCUT2D eigenvalue weighted by Crippen LogP contribution is 2.46. The summed E-state index contributed by atoms with van der Waals surface area (Å²) in [7, 11) is 1.59. The molecule has 0 amide bonds. The van der Waals surface area contributed by atoms with Gasteiger partial charge in [-0.15, -0.1) is 0 Å². The zero-order valence-electron chi connectivity index (χ0n) is 13.1. The molecule has 0 spiro atoms. The fourth-order valence-electron chi connectivity index (χ4n) is 3.36. The summed E-state index contributed by atoms with van der Waals surface area (Å²) in [5.41, 5.74) is 1.91. The Morgan fingerprint density at radius 1 is 1.13 bits per heavy atom. The molecule has 3 aromatic rings. The standard InChI is InChI=1S/C19H15FO3/c1-19(2)14-9-11(22-3)5-7-12(14)17(21)16-13-6-4-10(20)8-15(13)23-18(16)19/h4-9H,1-3H3. The predicted molar refractivity (Wildman–Crippen MR) is 84.7 cm³/mol. The molecule has 0 bridgehead atoms. The first kappa shape index (κ1) is 14.0. The van der Waals surface area contributed by atoms with Gasteiger partial charge in [-0.25, -0.2) is 4.39 Å². The first-order valence-corrected chi connectivity index (χ1v) is 7.39. The predicted octanol–water partition coefficient (Wildman–Crippen LogP) is 4.45. The van der Waals surface area contributed by atoms with Gasteiger partial charge in [-0.2, -0.15) is 0 Å². The van der Waals surface area contributed by atoms with E-state index < -0.39 is 5.41 Å². The van der Waals surface area contributed by atoms with Crippen LogP contribution in [-0.4, -0.2) is 12.9 Å². The van der Waals surface area contributed by atoms with E-state index in [1.807, 2.05) is 19.9 Å². The molecule has 0 radical (unpaired) electrons. The molecule has 0 fully saturated rings. The number of carbonyl (C=O) groups excluding carboxylic acids is 1. The number of ether oxygens (including phenoxy) is 1. The zero-order valence-corrected chi connectivity index (χ0v) is 13.1. The molecule has 0 aliphatic heterocycles. The third-order valence-corrected chi connectivity index (χ3v) is 4.59. The van der Waals surface area contributed by atoms with Gasteiger partial charge in [0.1, 0.15) is 22.9 Å². The SMILES string of the molecule is COc1ccc2c(c1)C(C)(C)c1oc3cc(F)ccc3c1C2=O. The zero-order chi connectivity index (χ0) is 16.4. The van der Waals surface area contributed by atoms with Gasteiger partial charge in [0.05, 0.1) is 12.7 Å². The van der Waals surface area contributed by atoms with Gasteiger partial charge in [-0.1, -0.05) is 0 Å². The number of hydrogen-bond donors (Lipinski definition) is 0. The average Bonchev–Trinajstić information content (AvgIpc) is 2.92. The molecular formula is C19H15FO3. The topological polar surface area (TPSA) is 39.4 Å². The fraction of sp³-hybridized carbons (Fsp3) is 0.211. The van der Waals surface area contributed by atoms with E-state index in [0.29, 0.717) is 33.6 Å². The third kappa shape index (κ3) is 1.78. The highest BCUT2D eigenvalue weighted by atomic mass is 19.1. The maximum atomic E-state index is 13.5. The summed E-state index contributed by atoms with van der Waals surface area (Å²) in [6, 6.07) is 9.70. The number of furan rings is 1. The lowest BCUT2D eigenvalue weighted by atomic mass is 9.72. The molecule has 3 nitrogen and oxygen atoms in total. The van der Waals surface area contributed by atoms with E-state index in [1.54, 1.807) is 25.3 Å². The van der Waals surface area contributed by atoms with Crippen LogP contribution in [-0.2, 0) is 5.41 Å². The summed E-state index contributed by atoms with van der Waals surface area (Å²) >= 11 is 0. The minimum atomic E-state index is -0.511. The molecule has 1 aliphatic carbocycles. The van der Waals surface area contributed by atoms with Crippen LogP contribution in [0, 0.1) is 5.82 Å². The van der Waals surface area contributed by atoms with Crippen molar-refractivity contribution in [2.45, 2.75) is 19.3 Å². The molecule has 2 aromatic carbocycles. The molecule has 0 saturated heterocycles. The largest absolute Gasteiger partial charge is 0.497 e. The Morgan fingerprint density at radius 2 is 1.91 bits per heavy atom. The summed E-state index contributed by atoms with van der Waals surface area (Å²) < 4.78 is 24.7. The maximum Gasteiger partial charge on any atom is 0.197 e. The Hall–Kier alpha value is -2.62. The Bertz CT molecular complexity index is 966. The Morgan fingerprint density at radius 3 is 2.65 bits per heavy atom. The molecule has 116 valence electrons. The Kier molecular flexibility index (Phi) is 2.71. The van der Waals surface area contributed by atoms with Crippen LogP contribution in [0.15, 0.2) is 40.8 Å². The maximum absolute atomic E-state index is 13.5. The van der Waals surface area contributed by atoms with E-state index in [9.17, 15) is 9.18 Å². The van der Waals surface area contributed by atoms with Gasteiger partial charge < -0.3 is 9.15 Å². The van der Waals surface area contributed by atoms with Gasteiger partial charge in [-0.05, 0) is 49.7 Å². The molecule has 0 atom stereocenters. The van der Waals surface area contributed by atoms with Gasteiger partial charge >= 0.3 is 0 Å². The molecule has 0 N–H and O–H groups in total. The van der Waals surface area contributed by atoms with E-state index in [4.69, 9.17) is 9.15 Å². The van der Waals surface area contributed by atoms with E-state index in [2.05, 4.69) is 0 Å². The molecule has 1 aromatic heterocycles. The Balaban J connectivity index is 2.07. The van der Waals surface area contributed by atoms with Gasteiger partial charge in [0.15, 0.2) is 5.78 Å². The van der Waals surface area contributed by atoms with Crippen molar-refractivity contribution in [1.82, 2.24) is 0 Å². The molecular weight excluding hydrogens is 295 g/mol. The van der Waals surface area contributed by atoms with Crippen molar-refractivity contribution in [3.8, 4) is 5.75 Å². The van der Waals surface area contributed by atoms with Crippen LogP contribution in [0.1, 0.15) is 41.1 Å². The summed E-state index contributed by atoms with van der Waals surface area (Å²) in [4.78, 5) is 13.0. The van der Waals surface area contributed by atoms with Crippen molar-refractivity contribution in [2.24, 2.45) is 0 Å². The second-order valence-corrected chi connectivity index (χ2v) is 6.31. The number of rotatable bonds is 1. The second kappa shape index (κ2) is 4.44. The smallest absolute Gasteiger partial charge is 0.197 e. The first-order valence-electron chi connectivity index (χ1n) is 7.39. The number of halogens is 1. The van der Waals surface area contributed by atoms with Crippen LogP contribution < -0.4 is 4.74 Å². The molecule has 23 heavy (non-hydrogen) atoms. The summed E-state index contributed by atoms with van der Waals surface area (Å²) in [5, 5.41) is 0.654. The van der Waals surface area contributed by atoms with Crippen LogP contribution >= 0.6 is 0 Å². The van der Waals surface area contributed by atoms with Crippen molar-refractivity contribution >= 4 is 16.8 Å². The fourth-order valence-corrected chi connectivity index (χ4v) is 3.36. The van der Waals surface area contributed by atoms with Crippen molar-refractivity contribution in [3.63, 3.8) is 0 Å². The van der Waals surface area contributed by atoms with Crippen LogP contribution in [0.25, 0.3) is 11.0 Å². The third-order valence-electron chi connectivity index (χ3n) is 4.59. The summed E-state index contributed by atoms with van der Waals surface area (Å²) in [5.74, 6) is 0.787. The number of benzene rings is 2. The van der Waals surface area contributed by atoms with Crippen molar-refractivity contribution in [2.75, 3.05) is 7.11 Å². The lowest BCUT2D eigenvalue weighted by Crippen LogP contribution is -2.29. The minimum absolute atomic E-state index is 0.0951. The second-order valence-electron chi connectivity index (χ2n) is 6.31. The highest BCUT2D eigenvalue weighted by Gasteiger charge is 2.41. The van der Waals surface area contributed by atoms with Crippen LogP contribution in [0.3, 0.4) is 0 Å². The molecule has 0 unspecified atom stereocenters. The van der Waals surface area contributed by atoms with Crippen LogP contribution in [0.5, 0.6) is 5.75 Å². The molecule has 0 saturated carbocycles. The lowest BCUT2D eigenvalue weighted by molar-refractivity contribution is 0.102. The van der Waals surface area contributed by atoms with Gasteiger partial charge in [-0.3, -0.25) is 4.79 Å². The molecule has 4 rings (SSSR count). The van der Waals surface area contributed by atoms with Crippen molar-refractivity contribution < 1.29 is 18.3 Å².